The van der Waals surface area contributed by atoms with Crippen LogP contribution in [0, 0.1) is 6.92 Å². The number of aromatic amines is 1. The van der Waals surface area contributed by atoms with Crippen LogP contribution in [0.3, 0.4) is 0 Å². The molecule has 1 saturated heterocycles. The van der Waals surface area contributed by atoms with Gasteiger partial charge >= 0.3 is 0 Å². The maximum atomic E-state index is 12.6. The molecule has 0 radical (unpaired) electrons. The first-order valence-corrected chi connectivity index (χ1v) is 8.26. The molecule has 1 amide bonds. The smallest absolute Gasteiger partial charge is 0.266 e. The molecule has 3 heterocycles. The summed E-state index contributed by atoms with van der Waals surface area (Å²) in [5.41, 5.74) is 4.89. The highest BCUT2D eigenvalue weighted by Crippen LogP contribution is 2.33. The van der Waals surface area contributed by atoms with Gasteiger partial charge in [-0.05, 0) is 37.5 Å². The van der Waals surface area contributed by atoms with Crippen LogP contribution in [0.15, 0.2) is 29.9 Å². The largest absolute Gasteiger partial charge is 0.340 e. The van der Waals surface area contributed by atoms with Crippen molar-refractivity contribution in [2.45, 2.75) is 25.8 Å². The van der Waals surface area contributed by atoms with E-state index in [0.29, 0.717) is 4.88 Å². The van der Waals surface area contributed by atoms with E-state index in [1.807, 2.05) is 11.0 Å². The van der Waals surface area contributed by atoms with Gasteiger partial charge < -0.3 is 9.88 Å². The molecule has 4 rings (SSSR count). The second kappa shape index (κ2) is 5.21. The summed E-state index contributed by atoms with van der Waals surface area (Å²) < 4.78 is 0. The number of aromatic nitrogens is 3. The molecule has 5 nitrogen and oxygen atoms in total. The lowest BCUT2D eigenvalue weighted by atomic mass is 10.2. The molecule has 1 aromatic carbocycles. The number of carbonyl (C=O) groups is 1. The van der Waals surface area contributed by atoms with E-state index in [1.165, 1.54) is 16.9 Å². The van der Waals surface area contributed by atoms with Crippen LogP contribution in [0.1, 0.15) is 39.9 Å². The maximum Gasteiger partial charge on any atom is 0.266 e. The number of fused-ring (bicyclic) bond motifs is 1. The van der Waals surface area contributed by atoms with Gasteiger partial charge in [0.05, 0.1) is 28.8 Å². The van der Waals surface area contributed by atoms with Crippen LogP contribution < -0.4 is 0 Å². The minimum absolute atomic E-state index is 0.0299. The van der Waals surface area contributed by atoms with E-state index in [0.717, 1.165) is 36.2 Å². The van der Waals surface area contributed by atoms with Crippen LogP contribution in [0.5, 0.6) is 0 Å². The second-order valence-corrected chi connectivity index (χ2v) is 6.55. The number of H-pyrrole nitrogens is 1. The molecule has 22 heavy (non-hydrogen) atoms. The number of nitrogens with one attached hydrogen (secondary N) is 1. The van der Waals surface area contributed by atoms with E-state index >= 15 is 0 Å². The zero-order valence-corrected chi connectivity index (χ0v) is 13.1. The fraction of sp³-hybridized carbons (Fsp3) is 0.312. The van der Waals surface area contributed by atoms with E-state index < -0.39 is 0 Å². The second-order valence-electron chi connectivity index (χ2n) is 5.66. The van der Waals surface area contributed by atoms with Crippen LogP contribution in [-0.4, -0.2) is 32.3 Å². The monoisotopic (exact) mass is 312 g/mol. The van der Waals surface area contributed by atoms with Gasteiger partial charge in [0.2, 0.25) is 0 Å². The Morgan fingerprint density at radius 1 is 1.45 bits per heavy atom. The van der Waals surface area contributed by atoms with Gasteiger partial charge in [-0.3, -0.25) is 9.78 Å². The third-order valence-corrected chi connectivity index (χ3v) is 4.89. The summed E-state index contributed by atoms with van der Waals surface area (Å²) in [6.07, 6.45) is 3.60. The van der Waals surface area contributed by atoms with Crippen molar-refractivity contribution in [2.24, 2.45) is 0 Å². The number of thiazole rings is 1. The SMILES string of the molecule is Cc1ccc2nc(C3CCCN3C(=O)c3cncs3)[nH]c2c1. The van der Waals surface area contributed by atoms with Crippen LogP contribution in [0.4, 0.5) is 0 Å². The molecule has 1 N–H and O–H groups in total. The van der Waals surface area contributed by atoms with Crippen molar-refractivity contribution in [1.29, 1.82) is 0 Å². The normalized spacial score (nSPS) is 18.2. The topological polar surface area (TPSA) is 61.9 Å². The summed E-state index contributed by atoms with van der Waals surface area (Å²) in [5, 5.41) is 0. The number of hydrogen-bond donors (Lipinski definition) is 1. The number of imidazole rings is 1. The lowest BCUT2D eigenvalue weighted by molar-refractivity contribution is 0.0735. The molecule has 3 aromatic rings. The number of likely N-dealkylation sites (tertiary alicyclic amines) is 1. The summed E-state index contributed by atoms with van der Waals surface area (Å²) in [6, 6.07) is 6.20. The van der Waals surface area contributed by atoms with Gasteiger partial charge in [-0.1, -0.05) is 6.07 Å². The summed E-state index contributed by atoms with van der Waals surface area (Å²) >= 11 is 1.39. The minimum atomic E-state index is 0.0299. The van der Waals surface area contributed by atoms with E-state index in [1.54, 1.807) is 11.7 Å². The van der Waals surface area contributed by atoms with E-state index in [-0.39, 0.29) is 11.9 Å². The number of carbonyl (C=O) groups excluding carboxylic acids is 1. The van der Waals surface area contributed by atoms with Crippen LogP contribution >= 0.6 is 11.3 Å². The average molecular weight is 312 g/mol. The Morgan fingerprint density at radius 2 is 2.36 bits per heavy atom. The Kier molecular flexibility index (Phi) is 3.18. The molecule has 6 heteroatoms. The van der Waals surface area contributed by atoms with Gasteiger partial charge in [-0.25, -0.2) is 4.98 Å². The Bertz CT molecular complexity index is 824. The third kappa shape index (κ3) is 2.20. The van der Waals surface area contributed by atoms with Crippen LogP contribution in [0.25, 0.3) is 11.0 Å². The molecule has 0 saturated carbocycles. The molecule has 1 atom stereocenters. The first-order chi connectivity index (χ1) is 10.7. The van der Waals surface area contributed by atoms with Gasteiger partial charge in [0.15, 0.2) is 0 Å². The minimum Gasteiger partial charge on any atom is -0.340 e. The van der Waals surface area contributed by atoms with Gasteiger partial charge in [0.25, 0.3) is 5.91 Å². The average Bonchev–Trinajstić information content (AvgIpc) is 3.24. The number of aryl methyl sites for hydroxylation is 1. The predicted octanol–water partition coefficient (Wildman–Crippen LogP) is 3.31. The van der Waals surface area contributed by atoms with Gasteiger partial charge in [0.1, 0.15) is 10.7 Å². The summed E-state index contributed by atoms with van der Waals surface area (Å²) in [5.74, 6) is 0.942. The molecule has 1 aliphatic rings. The van der Waals surface area contributed by atoms with Crippen molar-refractivity contribution >= 4 is 28.3 Å². The van der Waals surface area contributed by atoms with E-state index in [9.17, 15) is 4.79 Å². The highest BCUT2D eigenvalue weighted by atomic mass is 32.1. The Labute approximate surface area is 132 Å². The third-order valence-electron chi connectivity index (χ3n) is 4.13. The molecule has 1 unspecified atom stereocenters. The number of rotatable bonds is 2. The van der Waals surface area contributed by atoms with Gasteiger partial charge in [-0.15, -0.1) is 11.3 Å². The fourth-order valence-electron chi connectivity index (χ4n) is 3.06. The molecule has 2 aromatic heterocycles. The van der Waals surface area contributed by atoms with Crippen LogP contribution in [-0.2, 0) is 0 Å². The molecule has 0 spiro atoms. The first kappa shape index (κ1) is 13.5. The molecule has 0 aliphatic carbocycles. The Balaban J connectivity index is 1.68. The highest BCUT2D eigenvalue weighted by molar-refractivity contribution is 7.11. The molecule has 0 bridgehead atoms. The zero-order valence-electron chi connectivity index (χ0n) is 12.2. The van der Waals surface area contributed by atoms with Gasteiger partial charge in [0, 0.05) is 6.54 Å². The lowest BCUT2D eigenvalue weighted by Crippen LogP contribution is -2.30. The highest BCUT2D eigenvalue weighted by Gasteiger charge is 2.33. The summed E-state index contributed by atoms with van der Waals surface area (Å²) in [6.45, 7) is 2.84. The molecular formula is C16H16N4OS. The van der Waals surface area contributed by atoms with Crippen molar-refractivity contribution in [3.63, 3.8) is 0 Å². The Hall–Kier alpha value is -2.21. The van der Waals surface area contributed by atoms with E-state index in [2.05, 4.69) is 34.0 Å². The molecule has 1 aliphatic heterocycles. The molecule has 112 valence electrons. The van der Waals surface area contributed by atoms with Crippen molar-refractivity contribution in [1.82, 2.24) is 19.9 Å². The lowest BCUT2D eigenvalue weighted by Gasteiger charge is -2.22. The first-order valence-electron chi connectivity index (χ1n) is 7.38. The summed E-state index contributed by atoms with van der Waals surface area (Å²) in [4.78, 5) is 27.3. The van der Waals surface area contributed by atoms with Crippen molar-refractivity contribution in [3.05, 3.63) is 46.2 Å². The standard InChI is InChI=1S/C16H16N4OS/c1-10-4-5-11-12(7-10)19-15(18-11)13-3-2-6-20(13)16(21)14-8-17-9-22-14/h4-5,7-9,13H,2-3,6H2,1H3,(H,18,19). The van der Waals surface area contributed by atoms with Crippen molar-refractivity contribution in [3.8, 4) is 0 Å². The zero-order chi connectivity index (χ0) is 15.1. The number of amides is 1. The van der Waals surface area contributed by atoms with Gasteiger partial charge in [-0.2, -0.15) is 0 Å². The number of benzene rings is 1. The van der Waals surface area contributed by atoms with Crippen molar-refractivity contribution < 1.29 is 4.79 Å². The molecule has 1 fully saturated rings. The summed E-state index contributed by atoms with van der Waals surface area (Å²) in [7, 11) is 0. The predicted molar refractivity (Wildman–Crippen MR) is 86.0 cm³/mol. The number of nitrogens with zero attached hydrogens (tertiary/aromatic N) is 3. The van der Waals surface area contributed by atoms with Crippen LogP contribution in [0.2, 0.25) is 0 Å². The Morgan fingerprint density at radius 3 is 3.18 bits per heavy atom. The molecular weight excluding hydrogens is 296 g/mol. The fourth-order valence-corrected chi connectivity index (χ4v) is 3.63. The quantitative estimate of drug-likeness (QED) is 0.789. The van der Waals surface area contributed by atoms with E-state index in [4.69, 9.17) is 0 Å². The van der Waals surface area contributed by atoms with Crippen molar-refractivity contribution in [2.75, 3.05) is 6.54 Å². The number of hydrogen-bond acceptors (Lipinski definition) is 4. The maximum absolute atomic E-state index is 12.6.